The van der Waals surface area contributed by atoms with E-state index in [-0.39, 0.29) is 0 Å². The van der Waals surface area contributed by atoms with Crippen LogP contribution in [0.4, 0.5) is 4.79 Å². The van der Waals surface area contributed by atoms with Crippen molar-refractivity contribution in [1.82, 2.24) is 15.2 Å². The number of fused-ring (bicyclic) bond motifs is 2. The van der Waals surface area contributed by atoms with Crippen LogP contribution in [0.5, 0.6) is 5.75 Å². The molecule has 0 unspecified atom stereocenters. The average Bonchev–Trinajstić information content (AvgIpc) is 3.69. The molecule has 1 fully saturated rings. The van der Waals surface area contributed by atoms with Crippen molar-refractivity contribution < 1.29 is 23.5 Å². The molecule has 1 N–H and O–H groups in total. The highest BCUT2D eigenvalue weighted by Crippen LogP contribution is 2.41. The summed E-state index contributed by atoms with van der Waals surface area (Å²) in [5, 5.41) is 8.79. The molecule has 1 aromatic heterocycles. The van der Waals surface area contributed by atoms with Gasteiger partial charge >= 0.3 is 6.03 Å². The molecular weight excluding hydrogens is 460 g/mol. The van der Waals surface area contributed by atoms with Crippen LogP contribution in [0.1, 0.15) is 41.3 Å². The summed E-state index contributed by atoms with van der Waals surface area (Å²) in [6, 6.07) is 17.5. The maximum Gasteiger partial charge on any atom is 0.325 e. The number of nitrogens with zero attached hydrogens (tertiary/aromatic N) is 3. The lowest BCUT2D eigenvalue weighted by Gasteiger charge is -2.24. The number of furan rings is 1. The molecular formula is C27H24N4O5. The molecule has 182 valence electrons. The van der Waals surface area contributed by atoms with Crippen molar-refractivity contribution in [3.8, 4) is 5.75 Å². The van der Waals surface area contributed by atoms with Crippen LogP contribution in [0.25, 0.3) is 0 Å². The van der Waals surface area contributed by atoms with Crippen molar-refractivity contribution in [2.24, 2.45) is 5.10 Å². The number of rotatable bonds is 5. The van der Waals surface area contributed by atoms with E-state index in [2.05, 4.69) is 10.4 Å². The fourth-order valence-electron chi connectivity index (χ4n) is 5.34. The van der Waals surface area contributed by atoms with E-state index < -0.39 is 36.0 Å². The first-order valence-corrected chi connectivity index (χ1v) is 11.8. The molecule has 36 heavy (non-hydrogen) atoms. The van der Waals surface area contributed by atoms with Crippen molar-refractivity contribution in [2.75, 3.05) is 13.7 Å². The van der Waals surface area contributed by atoms with Crippen LogP contribution >= 0.6 is 0 Å². The summed E-state index contributed by atoms with van der Waals surface area (Å²) in [5.74, 6) is 0.425. The number of ether oxygens (including phenoxy) is 1. The monoisotopic (exact) mass is 484 g/mol. The van der Waals surface area contributed by atoms with Crippen LogP contribution in [0.3, 0.4) is 0 Å². The zero-order valence-corrected chi connectivity index (χ0v) is 19.6. The van der Waals surface area contributed by atoms with Crippen LogP contribution in [-0.2, 0) is 21.5 Å². The number of carbonyl (C=O) groups excluding carboxylic acids is 3. The minimum absolute atomic E-state index is 0.404. The summed E-state index contributed by atoms with van der Waals surface area (Å²) in [7, 11) is 1.60. The van der Waals surface area contributed by atoms with E-state index >= 15 is 0 Å². The first-order chi connectivity index (χ1) is 17.5. The normalized spacial score (nSPS) is 22.7. The maximum absolute atomic E-state index is 13.5. The Bertz CT molecular complexity index is 1380. The number of imide groups is 1. The third-order valence-corrected chi connectivity index (χ3v) is 7.18. The first-order valence-electron chi connectivity index (χ1n) is 11.8. The van der Waals surface area contributed by atoms with E-state index in [0.29, 0.717) is 36.5 Å². The van der Waals surface area contributed by atoms with E-state index in [1.54, 1.807) is 25.5 Å². The van der Waals surface area contributed by atoms with Crippen LogP contribution < -0.4 is 10.1 Å². The van der Waals surface area contributed by atoms with Crippen LogP contribution in [0.15, 0.2) is 76.4 Å². The highest BCUT2D eigenvalue weighted by molar-refractivity contribution is 6.10. The number of hydrogen-bond acceptors (Lipinski definition) is 6. The molecule has 0 radical (unpaired) electrons. The Balaban J connectivity index is 1.27. The number of urea groups is 1. The van der Waals surface area contributed by atoms with Gasteiger partial charge in [0.2, 0.25) is 0 Å². The van der Waals surface area contributed by atoms with Crippen molar-refractivity contribution in [3.05, 3.63) is 89.4 Å². The quantitative estimate of drug-likeness (QED) is 0.560. The number of hydrogen-bond donors (Lipinski definition) is 1. The number of carbonyl (C=O) groups is 3. The minimum Gasteiger partial charge on any atom is -0.497 e. The molecule has 1 spiro atoms. The second kappa shape index (κ2) is 8.37. The number of hydrazone groups is 1. The zero-order valence-electron chi connectivity index (χ0n) is 19.6. The van der Waals surface area contributed by atoms with Crippen molar-refractivity contribution in [3.63, 3.8) is 0 Å². The van der Waals surface area contributed by atoms with Crippen LogP contribution in [-0.4, -0.2) is 47.1 Å². The molecule has 1 aliphatic carbocycles. The predicted octanol–water partition coefficient (Wildman–Crippen LogP) is 3.36. The molecule has 2 aliphatic heterocycles. The predicted molar refractivity (Wildman–Crippen MR) is 129 cm³/mol. The Labute approximate surface area is 207 Å². The van der Waals surface area contributed by atoms with E-state index in [9.17, 15) is 14.4 Å². The Hall–Kier alpha value is -4.40. The van der Waals surface area contributed by atoms with Gasteiger partial charge in [-0.1, -0.05) is 24.3 Å². The van der Waals surface area contributed by atoms with Gasteiger partial charge in [0.05, 0.1) is 19.1 Å². The summed E-state index contributed by atoms with van der Waals surface area (Å²) in [5.41, 5.74) is 2.26. The van der Waals surface area contributed by atoms with Gasteiger partial charge in [-0.05, 0) is 65.9 Å². The average molecular weight is 485 g/mol. The molecule has 1 saturated heterocycles. The van der Waals surface area contributed by atoms with Gasteiger partial charge < -0.3 is 14.5 Å². The number of benzene rings is 2. The van der Waals surface area contributed by atoms with E-state index in [1.165, 1.54) is 5.01 Å². The molecule has 0 saturated carbocycles. The van der Waals surface area contributed by atoms with Gasteiger partial charge in [0.25, 0.3) is 11.8 Å². The van der Waals surface area contributed by atoms with Gasteiger partial charge in [0, 0.05) is 6.42 Å². The lowest BCUT2D eigenvalue weighted by atomic mass is 9.92. The summed E-state index contributed by atoms with van der Waals surface area (Å²) < 4.78 is 10.8. The van der Waals surface area contributed by atoms with Gasteiger partial charge in [-0.3, -0.25) is 14.5 Å². The molecule has 3 heterocycles. The maximum atomic E-state index is 13.5. The molecule has 3 aliphatic rings. The SMILES string of the molecule is COc1ccc(C2=NN(C(=O)CN3C(=O)N[C@]4(CCc5ccccc54)C3=O)[C@H](c3ccco3)C2)cc1. The Morgan fingerprint density at radius 2 is 1.94 bits per heavy atom. The summed E-state index contributed by atoms with van der Waals surface area (Å²) in [6.07, 6.45) is 3.14. The van der Waals surface area contributed by atoms with E-state index in [0.717, 1.165) is 21.6 Å². The minimum atomic E-state index is -1.11. The number of nitrogens with one attached hydrogen (secondary N) is 1. The molecule has 9 nitrogen and oxygen atoms in total. The lowest BCUT2D eigenvalue weighted by Crippen LogP contribution is -2.44. The van der Waals surface area contributed by atoms with Gasteiger partial charge in [-0.25, -0.2) is 9.80 Å². The van der Waals surface area contributed by atoms with Crippen molar-refractivity contribution in [1.29, 1.82) is 0 Å². The first kappa shape index (κ1) is 22.1. The summed E-state index contributed by atoms with van der Waals surface area (Å²) in [6.45, 7) is -0.412. The number of amides is 4. The summed E-state index contributed by atoms with van der Waals surface area (Å²) >= 11 is 0. The van der Waals surface area contributed by atoms with Gasteiger partial charge in [0.1, 0.15) is 29.6 Å². The van der Waals surface area contributed by atoms with Crippen LogP contribution in [0.2, 0.25) is 0 Å². The largest absolute Gasteiger partial charge is 0.497 e. The molecule has 2 atom stereocenters. The zero-order chi connectivity index (χ0) is 24.9. The third kappa shape index (κ3) is 3.38. The summed E-state index contributed by atoms with van der Waals surface area (Å²) in [4.78, 5) is 40.9. The molecule has 6 rings (SSSR count). The molecule has 9 heteroatoms. The highest BCUT2D eigenvalue weighted by atomic mass is 16.5. The smallest absolute Gasteiger partial charge is 0.325 e. The highest BCUT2D eigenvalue weighted by Gasteiger charge is 2.56. The molecule has 2 aromatic carbocycles. The lowest BCUT2D eigenvalue weighted by molar-refractivity contribution is -0.140. The Morgan fingerprint density at radius 3 is 2.69 bits per heavy atom. The standard InChI is InChI=1S/C27H24N4O5/c1-35-19-10-8-18(9-11-19)21-15-22(23-7-4-14-36-23)31(29-21)24(32)16-30-25(33)27(28-26(30)34)13-12-17-5-2-3-6-20(17)27/h2-11,14,22H,12-13,15-16H2,1H3,(H,28,34)/t22-,27-/m0/s1. The fourth-order valence-corrected chi connectivity index (χ4v) is 5.34. The molecule has 4 amide bonds. The van der Waals surface area contributed by atoms with Crippen molar-refractivity contribution >= 4 is 23.6 Å². The second-order valence-corrected chi connectivity index (χ2v) is 9.13. The Kier molecular flexibility index (Phi) is 5.13. The van der Waals surface area contributed by atoms with Gasteiger partial charge in [-0.2, -0.15) is 5.10 Å². The molecule has 3 aromatic rings. The topological polar surface area (TPSA) is 104 Å². The van der Waals surface area contributed by atoms with Gasteiger partial charge in [0.15, 0.2) is 0 Å². The van der Waals surface area contributed by atoms with E-state index in [1.807, 2.05) is 48.5 Å². The second-order valence-electron chi connectivity index (χ2n) is 9.13. The number of aryl methyl sites for hydroxylation is 1. The third-order valence-electron chi connectivity index (χ3n) is 7.18. The van der Waals surface area contributed by atoms with Gasteiger partial charge in [-0.15, -0.1) is 0 Å². The van der Waals surface area contributed by atoms with Crippen molar-refractivity contribution in [2.45, 2.75) is 30.8 Å². The number of methoxy groups -OCH3 is 1. The van der Waals surface area contributed by atoms with Crippen LogP contribution in [0, 0.1) is 0 Å². The fraction of sp³-hybridized carbons (Fsp3) is 0.259. The Morgan fingerprint density at radius 1 is 1.14 bits per heavy atom. The molecule has 0 bridgehead atoms. The van der Waals surface area contributed by atoms with E-state index in [4.69, 9.17) is 9.15 Å².